The minimum atomic E-state index is -0.500. The number of carbonyl (C=O) groups is 2. The van der Waals surface area contributed by atoms with Crippen LogP contribution in [-0.2, 0) is 9.59 Å². The van der Waals surface area contributed by atoms with Crippen molar-refractivity contribution in [1.82, 2.24) is 9.80 Å². The SMILES string of the molecule is COc1cc2c(cc1NC(=O)[C@@H](C)N(C)CC(=O)N(C)C)oc1ccccc12. The third-order valence-corrected chi connectivity index (χ3v) is 4.88. The molecule has 7 nitrogen and oxygen atoms in total. The lowest BCUT2D eigenvalue weighted by molar-refractivity contribution is -0.131. The molecule has 3 rings (SSSR count). The van der Waals surface area contributed by atoms with Gasteiger partial charge in [0.25, 0.3) is 0 Å². The van der Waals surface area contributed by atoms with Gasteiger partial charge >= 0.3 is 0 Å². The number of rotatable bonds is 6. The Kier molecular flexibility index (Phi) is 5.56. The average molecular weight is 383 g/mol. The van der Waals surface area contributed by atoms with E-state index >= 15 is 0 Å². The third-order valence-electron chi connectivity index (χ3n) is 4.88. The number of benzene rings is 2. The molecule has 0 aliphatic carbocycles. The van der Waals surface area contributed by atoms with Crippen molar-refractivity contribution in [2.24, 2.45) is 0 Å². The van der Waals surface area contributed by atoms with Gasteiger partial charge in [-0.1, -0.05) is 18.2 Å². The highest BCUT2D eigenvalue weighted by Crippen LogP contribution is 2.36. The van der Waals surface area contributed by atoms with E-state index in [-0.39, 0.29) is 18.4 Å². The molecule has 1 N–H and O–H groups in total. The first kappa shape index (κ1) is 19.7. The van der Waals surface area contributed by atoms with Crippen molar-refractivity contribution in [1.29, 1.82) is 0 Å². The molecule has 0 spiro atoms. The molecule has 7 heteroatoms. The summed E-state index contributed by atoms with van der Waals surface area (Å²) in [7, 11) is 6.68. The maximum absolute atomic E-state index is 12.7. The number of fused-ring (bicyclic) bond motifs is 3. The number of carbonyl (C=O) groups excluding carboxylic acids is 2. The number of anilines is 1. The Labute approximate surface area is 163 Å². The number of nitrogens with zero attached hydrogens (tertiary/aromatic N) is 2. The van der Waals surface area contributed by atoms with Crippen molar-refractivity contribution in [3.05, 3.63) is 36.4 Å². The van der Waals surface area contributed by atoms with Crippen LogP contribution in [-0.4, -0.2) is 62.5 Å². The molecule has 1 heterocycles. The molecule has 148 valence electrons. The summed E-state index contributed by atoms with van der Waals surface area (Å²) in [5.41, 5.74) is 1.97. The zero-order chi connectivity index (χ0) is 20.4. The maximum atomic E-state index is 12.7. The summed E-state index contributed by atoms with van der Waals surface area (Å²) in [5.74, 6) is 0.248. The summed E-state index contributed by atoms with van der Waals surface area (Å²) >= 11 is 0. The highest BCUT2D eigenvalue weighted by Gasteiger charge is 2.22. The van der Waals surface area contributed by atoms with Crippen LogP contribution < -0.4 is 10.1 Å². The zero-order valence-corrected chi connectivity index (χ0v) is 16.8. The molecule has 0 saturated carbocycles. The Bertz CT molecular complexity index is 1030. The molecule has 0 bridgehead atoms. The van der Waals surface area contributed by atoms with E-state index in [9.17, 15) is 9.59 Å². The number of amides is 2. The van der Waals surface area contributed by atoms with Crippen molar-refractivity contribution in [2.75, 3.05) is 40.1 Å². The number of nitrogens with one attached hydrogen (secondary N) is 1. The lowest BCUT2D eigenvalue weighted by atomic mass is 10.1. The van der Waals surface area contributed by atoms with Crippen molar-refractivity contribution in [3.8, 4) is 5.75 Å². The van der Waals surface area contributed by atoms with E-state index in [0.29, 0.717) is 17.0 Å². The van der Waals surface area contributed by atoms with E-state index in [4.69, 9.17) is 9.15 Å². The average Bonchev–Trinajstić information content (AvgIpc) is 3.03. The highest BCUT2D eigenvalue weighted by atomic mass is 16.5. The van der Waals surface area contributed by atoms with Crippen LogP contribution in [0, 0.1) is 0 Å². The fourth-order valence-electron chi connectivity index (χ4n) is 2.95. The van der Waals surface area contributed by atoms with Crippen molar-refractivity contribution < 1.29 is 18.7 Å². The van der Waals surface area contributed by atoms with E-state index in [1.165, 1.54) is 4.90 Å². The molecule has 1 aromatic heterocycles. The van der Waals surface area contributed by atoms with Crippen LogP contribution in [0.1, 0.15) is 6.92 Å². The molecule has 3 aromatic rings. The standard InChI is InChI=1S/C21H25N3O4/c1-13(24(4)12-20(25)23(2)3)21(26)22-16-11-18-15(10-19(16)27-5)14-8-6-7-9-17(14)28-18/h6-11,13H,12H2,1-5H3,(H,22,26)/t13-/m1/s1. The van der Waals surface area contributed by atoms with E-state index < -0.39 is 6.04 Å². The molecule has 2 aromatic carbocycles. The Morgan fingerprint density at radius 2 is 1.82 bits per heavy atom. The summed E-state index contributed by atoms with van der Waals surface area (Å²) in [6, 6.07) is 10.9. The molecule has 2 amide bonds. The number of para-hydroxylation sites is 1. The fourth-order valence-corrected chi connectivity index (χ4v) is 2.95. The third kappa shape index (κ3) is 3.80. The Morgan fingerprint density at radius 1 is 1.11 bits per heavy atom. The van der Waals surface area contributed by atoms with Gasteiger partial charge in [0, 0.05) is 30.9 Å². The molecular formula is C21H25N3O4. The minimum Gasteiger partial charge on any atom is -0.495 e. The molecule has 1 atom stereocenters. The zero-order valence-electron chi connectivity index (χ0n) is 16.8. The largest absolute Gasteiger partial charge is 0.495 e. The van der Waals surface area contributed by atoms with Gasteiger partial charge in [-0.15, -0.1) is 0 Å². The van der Waals surface area contributed by atoms with Crippen molar-refractivity contribution in [2.45, 2.75) is 13.0 Å². The second kappa shape index (κ2) is 7.90. The van der Waals surface area contributed by atoms with E-state index in [2.05, 4.69) is 5.32 Å². The van der Waals surface area contributed by atoms with Gasteiger partial charge in [0.15, 0.2) is 0 Å². The van der Waals surface area contributed by atoms with Crippen molar-refractivity contribution in [3.63, 3.8) is 0 Å². The quantitative estimate of drug-likeness (QED) is 0.708. The maximum Gasteiger partial charge on any atom is 0.241 e. The van der Waals surface area contributed by atoms with Crippen LogP contribution in [0.3, 0.4) is 0 Å². The van der Waals surface area contributed by atoms with Crippen LogP contribution in [0.25, 0.3) is 21.9 Å². The second-order valence-electron chi connectivity index (χ2n) is 7.02. The number of hydrogen-bond acceptors (Lipinski definition) is 5. The van der Waals surface area contributed by atoms with E-state index in [1.807, 2.05) is 30.3 Å². The number of likely N-dealkylation sites (N-methyl/N-ethyl adjacent to an activating group) is 2. The Morgan fingerprint density at radius 3 is 2.50 bits per heavy atom. The molecule has 0 unspecified atom stereocenters. The summed E-state index contributed by atoms with van der Waals surface area (Å²) in [4.78, 5) is 27.8. The smallest absolute Gasteiger partial charge is 0.241 e. The lowest BCUT2D eigenvalue weighted by Crippen LogP contribution is -2.44. The monoisotopic (exact) mass is 383 g/mol. The van der Waals surface area contributed by atoms with Gasteiger partial charge in [-0.05, 0) is 26.1 Å². The predicted molar refractivity (Wildman–Crippen MR) is 110 cm³/mol. The lowest BCUT2D eigenvalue weighted by Gasteiger charge is -2.25. The summed E-state index contributed by atoms with van der Waals surface area (Å²) in [6.07, 6.45) is 0. The van der Waals surface area contributed by atoms with Gasteiger partial charge in [0.2, 0.25) is 11.8 Å². The van der Waals surface area contributed by atoms with Gasteiger partial charge in [-0.2, -0.15) is 0 Å². The van der Waals surface area contributed by atoms with Crippen LogP contribution in [0.15, 0.2) is 40.8 Å². The summed E-state index contributed by atoms with van der Waals surface area (Å²) in [6.45, 7) is 1.91. The summed E-state index contributed by atoms with van der Waals surface area (Å²) < 4.78 is 11.4. The van der Waals surface area contributed by atoms with Gasteiger partial charge < -0.3 is 19.4 Å². The van der Waals surface area contributed by atoms with Crippen LogP contribution in [0.4, 0.5) is 5.69 Å². The predicted octanol–water partition coefficient (Wildman–Crippen LogP) is 2.94. The first-order valence-electron chi connectivity index (χ1n) is 9.02. The highest BCUT2D eigenvalue weighted by molar-refractivity contribution is 6.08. The molecule has 0 radical (unpaired) electrons. The van der Waals surface area contributed by atoms with Crippen LogP contribution in [0.5, 0.6) is 5.75 Å². The molecule has 0 saturated heterocycles. The molecule has 0 fully saturated rings. The number of hydrogen-bond donors (Lipinski definition) is 1. The topological polar surface area (TPSA) is 75.0 Å². The summed E-state index contributed by atoms with van der Waals surface area (Å²) in [5, 5.41) is 4.80. The van der Waals surface area contributed by atoms with Gasteiger partial charge in [-0.25, -0.2) is 0 Å². The number of furan rings is 1. The molecule has 28 heavy (non-hydrogen) atoms. The molecular weight excluding hydrogens is 358 g/mol. The molecule has 0 aliphatic heterocycles. The van der Waals surface area contributed by atoms with Gasteiger partial charge in [0.1, 0.15) is 16.9 Å². The first-order chi connectivity index (χ1) is 13.3. The van der Waals surface area contributed by atoms with Gasteiger partial charge in [0.05, 0.1) is 25.4 Å². The van der Waals surface area contributed by atoms with E-state index in [0.717, 1.165) is 16.4 Å². The Hall–Kier alpha value is -3.06. The number of ether oxygens (including phenoxy) is 1. The minimum absolute atomic E-state index is 0.0663. The Balaban J connectivity index is 1.85. The normalized spacial score (nSPS) is 12.4. The van der Waals surface area contributed by atoms with Crippen molar-refractivity contribution >= 4 is 39.4 Å². The van der Waals surface area contributed by atoms with Gasteiger partial charge in [-0.3, -0.25) is 14.5 Å². The van der Waals surface area contributed by atoms with Crippen LogP contribution in [0.2, 0.25) is 0 Å². The number of methoxy groups -OCH3 is 1. The molecule has 0 aliphatic rings. The van der Waals surface area contributed by atoms with E-state index in [1.54, 1.807) is 46.1 Å². The second-order valence-corrected chi connectivity index (χ2v) is 7.02. The first-order valence-corrected chi connectivity index (χ1v) is 9.02. The fraction of sp³-hybridized carbons (Fsp3) is 0.333. The van der Waals surface area contributed by atoms with Crippen LogP contribution >= 0.6 is 0 Å².